The smallest absolute Gasteiger partial charge is 0.341 e. The summed E-state index contributed by atoms with van der Waals surface area (Å²) in [5.74, 6) is -1.13. The third kappa shape index (κ3) is 3.66. The molecule has 4 rings (SSSR count). The largest absolute Gasteiger partial charge is 0.464 e. The minimum absolute atomic E-state index is 0.191. The Morgan fingerprint density at radius 1 is 1.21 bits per heavy atom. The summed E-state index contributed by atoms with van der Waals surface area (Å²) in [6.45, 7) is 1.89. The molecule has 2 aromatic heterocycles. The Bertz CT molecular complexity index is 1070. The van der Waals surface area contributed by atoms with Crippen molar-refractivity contribution in [3.05, 3.63) is 64.7 Å². The van der Waals surface area contributed by atoms with E-state index in [1.165, 1.54) is 17.6 Å². The zero-order valence-corrected chi connectivity index (χ0v) is 16.3. The Morgan fingerprint density at radius 3 is 2.79 bits per heavy atom. The Morgan fingerprint density at radius 2 is 2.03 bits per heavy atom. The van der Waals surface area contributed by atoms with Crippen molar-refractivity contribution >= 4 is 34.2 Å². The molecular weight excluding hydrogens is 394 g/mol. The Kier molecular flexibility index (Phi) is 5.18. The Labute approximate surface area is 170 Å². The van der Waals surface area contributed by atoms with Crippen molar-refractivity contribution in [2.45, 2.75) is 19.4 Å². The molecule has 0 bridgehead atoms. The van der Waals surface area contributed by atoms with Gasteiger partial charge in [-0.05, 0) is 30.7 Å². The van der Waals surface area contributed by atoms with Gasteiger partial charge in [-0.25, -0.2) is 9.59 Å². The molecule has 29 heavy (non-hydrogen) atoms. The molecule has 148 valence electrons. The average molecular weight is 411 g/mol. The molecule has 0 radical (unpaired) electrons. The van der Waals surface area contributed by atoms with Gasteiger partial charge in [0, 0.05) is 17.4 Å². The summed E-state index contributed by atoms with van der Waals surface area (Å²) in [4.78, 5) is 37.5. The van der Waals surface area contributed by atoms with E-state index in [2.05, 4.69) is 5.32 Å². The molecule has 1 unspecified atom stereocenters. The second-order valence-corrected chi connectivity index (χ2v) is 7.18. The van der Waals surface area contributed by atoms with Crippen LogP contribution < -0.4 is 5.32 Å². The van der Waals surface area contributed by atoms with E-state index in [1.807, 2.05) is 0 Å². The maximum atomic E-state index is 12.8. The molecule has 0 aliphatic carbocycles. The highest BCUT2D eigenvalue weighted by molar-refractivity contribution is 7.15. The van der Waals surface area contributed by atoms with Crippen LogP contribution in [0.15, 0.2) is 52.5 Å². The fourth-order valence-corrected chi connectivity index (χ4v) is 4.08. The second-order valence-electron chi connectivity index (χ2n) is 6.30. The molecule has 0 saturated heterocycles. The Balaban J connectivity index is 1.60. The van der Waals surface area contributed by atoms with Crippen molar-refractivity contribution in [3.8, 4) is 11.3 Å². The van der Waals surface area contributed by atoms with Gasteiger partial charge < -0.3 is 19.2 Å². The van der Waals surface area contributed by atoms with Gasteiger partial charge >= 0.3 is 11.9 Å². The van der Waals surface area contributed by atoms with E-state index in [0.29, 0.717) is 21.9 Å². The number of hydrogen-bond acceptors (Lipinski definition) is 7. The van der Waals surface area contributed by atoms with Gasteiger partial charge in [-0.2, -0.15) is 0 Å². The average Bonchev–Trinajstić information content (AvgIpc) is 3.38. The van der Waals surface area contributed by atoms with Crippen molar-refractivity contribution in [3.63, 3.8) is 0 Å². The monoisotopic (exact) mass is 411 g/mol. The van der Waals surface area contributed by atoms with E-state index in [-0.39, 0.29) is 18.6 Å². The van der Waals surface area contributed by atoms with Gasteiger partial charge in [-0.3, -0.25) is 4.79 Å². The van der Waals surface area contributed by atoms with E-state index in [9.17, 15) is 14.4 Å². The van der Waals surface area contributed by atoms with Crippen LogP contribution in [-0.4, -0.2) is 30.6 Å². The quantitative estimate of drug-likeness (QED) is 0.640. The van der Waals surface area contributed by atoms with E-state index in [4.69, 9.17) is 13.9 Å². The van der Waals surface area contributed by atoms with E-state index >= 15 is 0 Å². The molecule has 0 saturated carbocycles. The highest BCUT2D eigenvalue weighted by Gasteiger charge is 2.32. The van der Waals surface area contributed by atoms with Crippen LogP contribution in [0.5, 0.6) is 0 Å². The number of thiophene rings is 1. The van der Waals surface area contributed by atoms with E-state index in [0.717, 1.165) is 5.56 Å². The summed E-state index contributed by atoms with van der Waals surface area (Å²) in [6, 6.07) is 10.4. The van der Waals surface area contributed by atoms with E-state index in [1.54, 1.807) is 48.7 Å². The van der Waals surface area contributed by atoms with Gasteiger partial charge in [0.05, 0.1) is 18.4 Å². The van der Waals surface area contributed by atoms with Crippen LogP contribution in [0.1, 0.15) is 33.2 Å². The van der Waals surface area contributed by atoms with Crippen molar-refractivity contribution < 1.29 is 28.3 Å². The number of carbonyl (C=O) groups excluding carboxylic acids is 3. The number of amides is 1. The van der Waals surface area contributed by atoms with Gasteiger partial charge in [0.1, 0.15) is 16.3 Å². The number of anilines is 1. The highest BCUT2D eigenvalue weighted by atomic mass is 32.1. The van der Waals surface area contributed by atoms with Crippen molar-refractivity contribution in [2.24, 2.45) is 0 Å². The number of rotatable bonds is 5. The standard InChI is InChI=1S/C21H17NO6S/c1-2-26-21(25)17-14(15-8-5-9-27-15)11-29-19(17)22-18(23)16-10-12-6-3-4-7-13(12)20(24)28-16/h3-9,11,16H,2,10H2,1H3,(H,22,23). The normalized spacial score (nSPS) is 15.3. The van der Waals surface area contributed by atoms with Crippen molar-refractivity contribution in [1.29, 1.82) is 0 Å². The van der Waals surface area contributed by atoms with Gasteiger partial charge in [-0.15, -0.1) is 11.3 Å². The number of nitrogens with one attached hydrogen (secondary N) is 1. The Hall–Kier alpha value is -3.39. The number of hydrogen-bond donors (Lipinski definition) is 1. The summed E-state index contributed by atoms with van der Waals surface area (Å²) < 4.78 is 15.8. The molecule has 3 heterocycles. The fraction of sp³-hybridized carbons (Fsp3) is 0.190. The number of carbonyl (C=O) groups is 3. The summed E-state index contributed by atoms with van der Waals surface area (Å²) in [7, 11) is 0. The van der Waals surface area contributed by atoms with Crippen LogP contribution in [0, 0.1) is 0 Å². The molecule has 1 aliphatic heterocycles. The lowest BCUT2D eigenvalue weighted by molar-refractivity contribution is -0.125. The fourth-order valence-electron chi connectivity index (χ4n) is 3.14. The van der Waals surface area contributed by atoms with Crippen molar-refractivity contribution in [2.75, 3.05) is 11.9 Å². The van der Waals surface area contributed by atoms with Crippen LogP contribution in [0.25, 0.3) is 11.3 Å². The molecule has 1 aromatic carbocycles. The maximum absolute atomic E-state index is 12.8. The number of benzene rings is 1. The molecule has 8 heteroatoms. The number of cyclic esters (lactones) is 1. The molecule has 1 N–H and O–H groups in total. The van der Waals surface area contributed by atoms with Crippen LogP contribution in [0.2, 0.25) is 0 Å². The predicted molar refractivity (Wildman–Crippen MR) is 106 cm³/mol. The summed E-state index contributed by atoms with van der Waals surface area (Å²) in [6.07, 6.45) is 0.777. The topological polar surface area (TPSA) is 94.8 Å². The van der Waals surface area contributed by atoms with Gasteiger partial charge in [0.2, 0.25) is 0 Å². The maximum Gasteiger partial charge on any atom is 0.341 e. The third-order valence-corrected chi connectivity index (χ3v) is 5.37. The molecule has 3 aromatic rings. The lowest BCUT2D eigenvalue weighted by atomic mass is 9.98. The lowest BCUT2D eigenvalue weighted by Crippen LogP contribution is -2.38. The van der Waals surface area contributed by atoms with Crippen molar-refractivity contribution in [1.82, 2.24) is 0 Å². The van der Waals surface area contributed by atoms with Gasteiger partial charge in [0.15, 0.2) is 6.10 Å². The SMILES string of the molecule is CCOC(=O)c1c(-c2ccco2)csc1NC(=O)C1Cc2ccccc2C(=O)O1. The summed E-state index contributed by atoms with van der Waals surface area (Å²) in [5, 5.41) is 4.74. The molecule has 1 atom stereocenters. The number of esters is 2. The summed E-state index contributed by atoms with van der Waals surface area (Å²) >= 11 is 1.17. The highest BCUT2D eigenvalue weighted by Crippen LogP contribution is 2.37. The zero-order valence-electron chi connectivity index (χ0n) is 15.5. The minimum atomic E-state index is -0.985. The van der Waals surface area contributed by atoms with Crippen LogP contribution >= 0.6 is 11.3 Å². The minimum Gasteiger partial charge on any atom is -0.464 e. The third-order valence-electron chi connectivity index (χ3n) is 4.48. The molecule has 7 nitrogen and oxygen atoms in total. The molecule has 0 spiro atoms. The molecule has 1 aliphatic rings. The first-order valence-corrected chi connectivity index (χ1v) is 9.88. The van der Waals surface area contributed by atoms with Crippen LogP contribution in [0.3, 0.4) is 0 Å². The van der Waals surface area contributed by atoms with E-state index < -0.39 is 23.9 Å². The first kappa shape index (κ1) is 18.9. The second kappa shape index (κ2) is 7.92. The van der Waals surface area contributed by atoms with Crippen LogP contribution in [-0.2, 0) is 20.7 Å². The lowest BCUT2D eigenvalue weighted by Gasteiger charge is -2.23. The van der Waals surface area contributed by atoms with Gasteiger partial charge in [-0.1, -0.05) is 18.2 Å². The number of ether oxygens (including phenoxy) is 2. The molecule has 0 fully saturated rings. The molecule has 1 amide bonds. The molecular formula is C21H17NO6S. The first-order chi connectivity index (χ1) is 14.1. The van der Waals surface area contributed by atoms with Crippen LogP contribution in [0.4, 0.5) is 5.00 Å². The van der Waals surface area contributed by atoms with Gasteiger partial charge in [0.25, 0.3) is 5.91 Å². The number of fused-ring (bicyclic) bond motifs is 1. The predicted octanol–water partition coefficient (Wildman–Crippen LogP) is 3.91. The first-order valence-electron chi connectivity index (χ1n) is 9.00. The number of furan rings is 1. The zero-order chi connectivity index (χ0) is 20.4. The summed E-state index contributed by atoms with van der Waals surface area (Å²) in [5.41, 5.74) is 1.94.